The molecule has 2 aromatic carbocycles. The molecule has 0 bridgehead atoms. The first kappa shape index (κ1) is 28.0. The fraction of sp³-hybridized carbons (Fsp3) is 0.581. The maximum atomic E-state index is 13.4. The number of ether oxygens (including phenoxy) is 3. The second-order valence-electron chi connectivity index (χ2n) is 12.4. The molecular formula is C31H40F2N2O4. The molecule has 2 fully saturated rings. The van der Waals surface area contributed by atoms with Gasteiger partial charge in [0, 0.05) is 12.6 Å². The Morgan fingerprint density at radius 1 is 0.949 bits per heavy atom. The lowest BCUT2D eigenvalue weighted by molar-refractivity contribution is -0.0785. The summed E-state index contributed by atoms with van der Waals surface area (Å²) in [7, 11) is 0. The van der Waals surface area contributed by atoms with E-state index in [4.69, 9.17) is 14.2 Å². The fourth-order valence-electron chi connectivity index (χ4n) is 6.54. The first-order valence-corrected chi connectivity index (χ1v) is 14.0. The van der Waals surface area contributed by atoms with Gasteiger partial charge in [-0.15, -0.1) is 0 Å². The summed E-state index contributed by atoms with van der Waals surface area (Å²) in [4.78, 5) is 14.3. The van der Waals surface area contributed by atoms with Crippen LogP contribution in [0.15, 0.2) is 36.4 Å². The molecule has 4 heterocycles. The number of benzene rings is 2. The maximum absolute atomic E-state index is 13.4. The van der Waals surface area contributed by atoms with Crippen LogP contribution in [-0.2, 0) is 38.6 Å². The molecule has 4 atom stereocenters. The van der Waals surface area contributed by atoms with E-state index in [1.807, 2.05) is 33.8 Å². The Hall–Kier alpha value is -2.55. The summed E-state index contributed by atoms with van der Waals surface area (Å²) in [5.74, 6) is -0.432. The third kappa shape index (κ3) is 5.43. The highest BCUT2D eigenvalue weighted by Crippen LogP contribution is 2.45. The Balaban J connectivity index is 0.000000168. The third-order valence-electron chi connectivity index (χ3n) is 8.50. The number of fused-ring (bicyclic) bond motifs is 2. The molecule has 6 rings (SSSR count). The van der Waals surface area contributed by atoms with Crippen LogP contribution in [0, 0.1) is 11.6 Å². The Kier molecular flexibility index (Phi) is 7.50. The number of nitrogens with zero attached hydrogens (tertiary/aromatic N) is 1. The fourth-order valence-corrected chi connectivity index (χ4v) is 6.54. The SMILES string of the molecule is CC(C)(C)OC(=O)N1CCC[C@@H]1[C@@]1(C)OCc2cc(F)ccc21.C[C@@]1([C@H]2CCCN2)OCc2cc(F)ccc21. The molecule has 212 valence electrons. The lowest BCUT2D eigenvalue weighted by Gasteiger charge is -2.38. The van der Waals surface area contributed by atoms with Gasteiger partial charge in [-0.3, -0.25) is 0 Å². The van der Waals surface area contributed by atoms with Crippen molar-refractivity contribution in [1.29, 1.82) is 0 Å². The number of halogens is 2. The zero-order chi connectivity index (χ0) is 28.0. The summed E-state index contributed by atoms with van der Waals surface area (Å²) < 4.78 is 44.1. The highest BCUT2D eigenvalue weighted by Gasteiger charge is 2.49. The molecule has 0 unspecified atom stereocenters. The van der Waals surface area contributed by atoms with E-state index in [1.165, 1.54) is 24.6 Å². The highest BCUT2D eigenvalue weighted by atomic mass is 19.1. The van der Waals surface area contributed by atoms with Crippen molar-refractivity contribution in [3.8, 4) is 0 Å². The first-order chi connectivity index (χ1) is 18.4. The molecule has 4 aliphatic heterocycles. The summed E-state index contributed by atoms with van der Waals surface area (Å²) in [5.41, 5.74) is 2.56. The van der Waals surface area contributed by atoms with Gasteiger partial charge in [0.15, 0.2) is 0 Å². The lowest BCUT2D eigenvalue weighted by atomic mass is 9.86. The van der Waals surface area contributed by atoms with E-state index in [1.54, 1.807) is 17.0 Å². The number of nitrogens with one attached hydrogen (secondary N) is 1. The number of amides is 1. The van der Waals surface area contributed by atoms with Crippen LogP contribution < -0.4 is 5.32 Å². The highest BCUT2D eigenvalue weighted by molar-refractivity contribution is 5.69. The Labute approximate surface area is 230 Å². The normalized spacial score (nSPS) is 29.6. The van der Waals surface area contributed by atoms with Crippen LogP contribution >= 0.6 is 0 Å². The van der Waals surface area contributed by atoms with E-state index < -0.39 is 11.2 Å². The van der Waals surface area contributed by atoms with Crippen LogP contribution in [0.1, 0.15) is 82.6 Å². The van der Waals surface area contributed by atoms with E-state index in [2.05, 4.69) is 12.2 Å². The summed E-state index contributed by atoms with van der Waals surface area (Å²) in [6, 6.07) is 10.0. The van der Waals surface area contributed by atoms with Crippen LogP contribution in [-0.4, -0.2) is 41.8 Å². The van der Waals surface area contributed by atoms with Gasteiger partial charge in [0.1, 0.15) is 28.4 Å². The van der Waals surface area contributed by atoms with Crippen LogP contribution in [0.5, 0.6) is 0 Å². The van der Waals surface area contributed by atoms with Crippen LogP contribution in [0.4, 0.5) is 13.6 Å². The summed E-state index contributed by atoms with van der Waals surface area (Å²) in [5, 5.41) is 3.48. The predicted molar refractivity (Wildman–Crippen MR) is 144 cm³/mol. The van der Waals surface area contributed by atoms with Gasteiger partial charge in [0.2, 0.25) is 0 Å². The number of hydrogen-bond donors (Lipinski definition) is 1. The van der Waals surface area contributed by atoms with Gasteiger partial charge < -0.3 is 24.4 Å². The number of hydrogen-bond acceptors (Lipinski definition) is 5. The quantitative estimate of drug-likeness (QED) is 0.483. The molecule has 1 amide bonds. The number of likely N-dealkylation sites (tertiary alicyclic amines) is 1. The van der Waals surface area contributed by atoms with Gasteiger partial charge in [-0.2, -0.15) is 0 Å². The molecule has 0 aromatic heterocycles. The van der Waals surface area contributed by atoms with Crippen molar-refractivity contribution in [3.05, 3.63) is 70.3 Å². The van der Waals surface area contributed by atoms with Crippen molar-refractivity contribution in [1.82, 2.24) is 10.2 Å². The third-order valence-corrected chi connectivity index (χ3v) is 8.50. The summed E-state index contributed by atoms with van der Waals surface area (Å²) in [6.07, 6.45) is 3.79. The summed E-state index contributed by atoms with van der Waals surface area (Å²) >= 11 is 0. The van der Waals surface area contributed by atoms with E-state index in [-0.39, 0.29) is 29.4 Å². The second kappa shape index (κ2) is 10.5. The van der Waals surface area contributed by atoms with Crippen molar-refractivity contribution in [3.63, 3.8) is 0 Å². The molecule has 0 saturated carbocycles. The molecule has 39 heavy (non-hydrogen) atoms. The molecule has 2 aromatic rings. The average molecular weight is 543 g/mol. The van der Waals surface area contributed by atoms with Crippen LogP contribution in [0.3, 0.4) is 0 Å². The molecule has 0 spiro atoms. The molecule has 0 radical (unpaired) electrons. The van der Waals surface area contributed by atoms with E-state index in [0.717, 1.165) is 48.1 Å². The van der Waals surface area contributed by atoms with E-state index in [9.17, 15) is 13.6 Å². The van der Waals surface area contributed by atoms with Gasteiger partial charge in [-0.1, -0.05) is 12.1 Å². The molecule has 4 aliphatic rings. The Bertz CT molecular complexity index is 1230. The average Bonchev–Trinajstić information content (AvgIpc) is 3.66. The molecule has 8 heteroatoms. The predicted octanol–water partition coefficient (Wildman–Crippen LogP) is 6.29. The largest absolute Gasteiger partial charge is 0.444 e. The molecule has 2 saturated heterocycles. The summed E-state index contributed by atoms with van der Waals surface area (Å²) in [6.45, 7) is 12.3. The van der Waals surface area contributed by atoms with Gasteiger partial charge >= 0.3 is 6.09 Å². The van der Waals surface area contributed by atoms with Crippen LogP contribution in [0.25, 0.3) is 0 Å². The van der Waals surface area contributed by atoms with Crippen molar-refractivity contribution in [2.75, 3.05) is 13.1 Å². The molecule has 0 aliphatic carbocycles. The number of carbonyl (C=O) groups excluding carboxylic acids is 1. The van der Waals surface area contributed by atoms with Gasteiger partial charge in [-0.25, -0.2) is 13.6 Å². The molecular weight excluding hydrogens is 502 g/mol. The minimum absolute atomic E-state index is 0.0935. The smallest absolute Gasteiger partial charge is 0.410 e. The van der Waals surface area contributed by atoms with Gasteiger partial charge in [0.25, 0.3) is 0 Å². The zero-order valence-corrected chi connectivity index (χ0v) is 23.6. The number of carbonyl (C=O) groups is 1. The van der Waals surface area contributed by atoms with E-state index >= 15 is 0 Å². The minimum Gasteiger partial charge on any atom is -0.444 e. The Morgan fingerprint density at radius 2 is 1.54 bits per heavy atom. The van der Waals surface area contributed by atoms with Gasteiger partial charge in [-0.05, 0) is 113 Å². The number of rotatable bonds is 2. The first-order valence-electron chi connectivity index (χ1n) is 14.0. The standard InChI is InChI=1S/C18H24FNO3.C13H16FNO/c1-17(2,3)23-16(21)20-9-5-6-15(20)18(4)14-8-7-13(19)10-12(14)11-22-18;1-13(12-3-2-6-15-12)11-5-4-10(14)7-9(11)8-16-13/h7-8,10,15H,5-6,9,11H2,1-4H3;4-5,7,12,15H,2-3,6,8H2,1H3/t15-,18+;12-,13-/m11/s1. The second-order valence-corrected chi connectivity index (χ2v) is 12.4. The lowest BCUT2D eigenvalue weighted by Crippen LogP contribution is -2.49. The van der Waals surface area contributed by atoms with Crippen molar-refractivity contribution in [2.45, 2.75) is 102 Å². The Morgan fingerprint density at radius 3 is 2.10 bits per heavy atom. The minimum atomic E-state index is -0.615. The van der Waals surface area contributed by atoms with Crippen LogP contribution in [0.2, 0.25) is 0 Å². The monoisotopic (exact) mass is 542 g/mol. The van der Waals surface area contributed by atoms with E-state index in [0.29, 0.717) is 25.8 Å². The maximum Gasteiger partial charge on any atom is 0.410 e. The molecule has 6 nitrogen and oxygen atoms in total. The van der Waals surface area contributed by atoms with Gasteiger partial charge in [0.05, 0.1) is 19.3 Å². The van der Waals surface area contributed by atoms with Crippen molar-refractivity contribution >= 4 is 6.09 Å². The van der Waals surface area contributed by atoms with Crippen molar-refractivity contribution in [2.24, 2.45) is 0 Å². The topological polar surface area (TPSA) is 60.0 Å². The molecule has 1 N–H and O–H groups in total. The van der Waals surface area contributed by atoms with Crippen molar-refractivity contribution < 1.29 is 27.8 Å². The zero-order valence-electron chi connectivity index (χ0n) is 23.6.